The third kappa shape index (κ3) is 1.76. The zero-order chi connectivity index (χ0) is 11.8. The third-order valence-electron chi connectivity index (χ3n) is 2.89. The molecular weight excluding hydrogens is 216 g/mol. The van der Waals surface area contributed by atoms with Gasteiger partial charge in [0.25, 0.3) is 0 Å². The highest BCUT2D eigenvalue weighted by molar-refractivity contribution is 5.55. The average Bonchev–Trinajstić information content (AvgIpc) is 2.85. The fourth-order valence-electron chi connectivity index (χ4n) is 2.03. The summed E-state index contributed by atoms with van der Waals surface area (Å²) in [4.78, 5) is 8.49. The molecule has 6 heteroatoms. The second-order valence-electron chi connectivity index (χ2n) is 4.15. The Kier molecular flexibility index (Phi) is 2.29. The van der Waals surface area contributed by atoms with Crippen molar-refractivity contribution < 1.29 is 0 Å². The number of nitrogens with one attached hydrogen (secondary N) is 2. The smallest absolute Gasteiger partial charge is 0.228 e. The van der Waals surface area contributed by atoms with Gasteiger partial charge in [-0.3, -0.25) is 4.68 Å². The van der Waals surface area contributed by atoms with Crippen molar-refractivity contribution in [3.05, 3.63) is 29.2 Å². The van der Waals surface area contributed by atoms with Gasteiger partial charge in [0.2, 0.25) is 5.95 Å². The highest BCUT2D eigenvalue weighted by Crippen LogP contribution is 2.24. The van der Waals surface area contributed by atoms with Gasteiger partial charge in [-0.1, -0.05) is 0 Å². The first-order valence-electron chi connectivity index (χ1n) is 5.56. The van der Waals surface area contributed by atoms with Crippen LogP contribution >= 0.6 is 0 Å². The van der Waals surface area contributed by atoms with Gasteiger partial charge < -0.3 is 10.6 Å². The summed E-state index contributed by atoms with van der Waals surface area (Å²) in [6, 6.07) is 1.87. The van der Waals surface area contributed by atoms with Crippen molar-refractivity contribution >= 4 is 11.8 Å². The molecule has 2 aromatic rings. The Morgan fingerprint density at radius 2 is 2.29 bits per heavy atom. The number of aryl methyl sites for hydroxylation is 2. The summed E-state index contributed by atoms with van der Waals surface area (Å²) in [5.74, 6) is 1.44. The summed E-state index contributed by atoms with van der Waals surface area (Å²) in [5.41, 5.74) is 3.37. The van der Waals surface area contributed by atoms with E-state index in [0.717, 1.165) is 24.6 Å². The number of aromatic nitrogens is 4. The molecule has 3 heterocycles. The average molecular weight is 230 g/mol. The quantitative estimate of drug-likeness (QED) is 0.801. The van der Waals surface area contributed by atoms with Gasteiger partial charge in [0.15, 0.2) is 5.82 Å². The van der Waals surface area contributed by atoms with Gasteiger partial charge in [0, 0.05) is 37.6 Å². The van der Waals surface area contributed by atoms with Crippen LogP contribution in [0.25, 0.3) is 0 Å². The molecule has 2 aromatic heterocycles. The van der Waals surface area contributed by atoms with E-state index in [1.165, 1.54) is 11.3 Å². The Bertz CT molecular complexity index is 559. The van der Waals surface area contributed by atoms with E-state index in [9.17, 15) is 0 Å². The number of hydrogen-bond donors (Lipinski definition) is 2. The van der Waals surface area contributed by atoms with Crippen LogP contribution in [-0.4, -0.2) is 19.7 Å². The molecule has 0 spiro atoms. The molecule has 17 heavy (non-hydrogen) atoms. The fourth-order valence-corrected chi connectivity index (χ4v) is 2.03. The Balaban J connectivity index is 1.93. The number of rotatable bonds is 2. The lowest BCUT2D eigenvalue weighted by Gasteiger charge is -2.03. The Hall–Kier alpha value is -1.95. The molecule has 2 N–H and O–H groups in total. The van der Waals surface area contributed by atoms with Crippen LogP contribution in [0.1, 0.15) is 17.0 Å². The van der Waals surface area contributed by atoms with Crippen LogP contribution in [0.3, 0.4) is 0 Å². The SMILES string of the molecule is Cc1ccnc(Nc2nn(C)c3c2CNC3)n1. The van der Waals surface area contributed by atoms with E-state index in [1.54, 1.807) is 6.20 Å². The zero-order valence-corrected chi connectivity index (χ0v) is 9.86. The van der Waals surface area contributed by atoms with Crippen LogP contribution in [-0.2, 0) is 20.1 Å². The molecule has 0 atom stereocenters. The van der Waals surface area contributed by atoms with Crippen LogP contribution in [0.4, 0.5) is 11.8 Å². The largest absolute Gasteiger partial charge is 0.307 e. The molecule has 1 aliphatic rings. The van der Waals surface area contributed by atoms with Crippen LogP contribution in [0.5, 0.6) is 0 Å². The van der Waals surface area contributed by atoms with Crippen molar-refractivity contribution in [3.63, 3.8) is 0 Å². The second-order valence-corrected chi connectivity index (χ2v) is 4.15. The number of fused-ring (bicyclic) bond motifs is 1. The molecule has 0 radical (unpaired) electrons. The topological polar surface area (TPSA) is 67.7 Å². The maximum Gasteiger partial charge on any atom is 0.228 e. The number of anilines is 2. The van der Waals surface area contributed by atoms with Gasteiger partial charge in [-0.05, 0) is 13.0 Å². The lowest BCUT2D eigenvalue weighted by atomic mass is 10.3. The lowest BCUT2D eigenvalue weighted by Crippen LogP contribution is -2.07. The fraction of sp³-hybridized carbons (Fsp3) is 0.364. The summed E-state index contributed by atoms with van der Waals surface area (Å²) in [7, 11) is 1.95. The van der Waals surface area contributed by atoms with E-state index in [0.29, 0.717) is 5.95 Å². The zero-order valence-electron chi connectivity index (χ0n) is 9.86. The first-order valence-corrected chi connectivity index (χ1v) is 5.56. The van der Waals surface area contributed by atoms with Gasteiger partial charge >= 0.3 is 0 Å². The highest BCUT2D eigenvalue weighted by atomic mass is 15.3. The predicted molar refractivity (Wildman–Crippen MR) is 63.8 cm³/mol. The molecule has 0 unspecified atom stereocenters. The van der Waals surface area contributed by atoms with Crippen molar-refractivity contribution in [2.75, 3.05) is 5.32 Å². The van der Waals surface area contributed by atoms with Gasteiger partial charge in [0.05, 0.1) is 5.69 Å². The highest BCUT2D eigenvalue weighted by Gasteiger charge is 2.20. The third-order valence-corrected chi connectivity index (χ3v) is 2.89. The first kappa shape index (κ1) is 10.2. The van der Waals surface area contributed by atoms with Crippen LogP contribution in [0.2, 0.25) is 0 Å². The normalized spacial score (nSPS) is 13.8. The van der Waals surface area contributed by atoms with E-state index in [2.05, 4.69) is 25.7 Å². The van der Waals surface area contributed by atoms with Gasteiger partial charge in [-0.15, -0.1) is 0 Å². The molecule has 1 aliphatic heterocycles. The molecule has 0 saturated heterocycles. The minimum absolute atomic E-state index is 0.595. The Morgan fingerprint density at radius 3 is 3.12 bits per heavy atom. The first-order chi connectivity index (χ1) is 8.24. The number of hydrogen-bond acceptors (Lipinski definition) is 5. The lowest BCUT2D eigenvalue weighted by molar-refractivity contribution is 0.671. The van der Waals surface area contributed by atoms with E-state index < -0.39 is 0 Å². The molecule has 0 aromatic carbocycles. The van der Waals surface area contributed by atoms with Gasteiger partial charge in [-0.25, -0.2) is 9.97 Å². The van der Waals surface area contributed by atoms with E-state index in [-0.39, 0.29) is 0 Å². The maximum atomic E-state index is 4.44. The summed E-state index contributed by atoms with van der Waals surface area (Å²) >= 11 is 0. The molecule has 6 nitrogen and oxygen atoms in total. The minimum Gasteiger partial charge on any atom is -0.307 e. The van der Waals surface area contributed by atoms with Crippen molar-refractivity contribution in [1.29, 1.82) is 0 Å². The second kappa shape index (κ2) is 3.81. The summed E-state index contributed by atoms with van der Waals surface area (Å²) in [6.45, 7) is 3.66. The van der Waals surface area contributed by atoms with E-state index in [1.807, 2.05) is 24.7 Å². The molecular formula is C11H14N6. The van der Waals surface area contributed by atoms with Crippen molar-refractivity contribution in [2.45, 2.75) is 20.0 Å². The molecule has 88 valence electrons. The molecule has 0 amide bonds. The van der Waals surface area contributed by atoms with Crippen molar-refractivity contribution in [3.8, 4) is 0 Å². The Labute approximate surface area is 99.1 Å². The summed E-state index contributed by atoms with van der Waals surface area (Å²) < 4.78 is 1.90. The predicted octanol–water partition coefficient (Wildman–Crippen LogP) is 0.865. The van der Waals surface area contributed by atoms with Crippen molar-refractivity contribution in [1.82, 2.24) is 25.1 Å². The molecule has 0 fully saturated rings. The van der Waals surface area contributed by atoms with Crippen LogP contribution in [0, 0.1) is 6.92 Å². The molecule has 3 rings (SSSR count). The Morgan fingerprint density at radius 1 is 1.41 bits per heavy atom. The van der Waals surface area contributed by atoms with Gasteiger partial charge in [-0.2, -0.15) is 5.10 Å². The maximum absolute atomic E-state index is 4.44. The van der Waals surface area contributed by atoms with Crippen LogP contribution in [0.15, 0.2) is 12.3 Å². The minimum atomic E-state index is 0.595. The molecule has 0 bridgehead atoms. The number of nitrogens with zero attached hydrogens (tertiary/aromatic N) is 4. The van der Waals surface area contributed by atoms with Crippen molar-refractivity contribution in [2.24, 2.45) is 7.05 Å². The molecule has 0 aliphatic carbocycles. The van der Waals surface area contributed by atoms with E-state index >= 15 is 0 Å². The molecule has 0 saturated carbocycles. The van der Waals surface area contributed by atoms with E-state index in [4.69, 9.17) is 0 Å². The summed E-state index contributed by atoms with van der Waals surface area (Å²) in [5, 5.41) is 10.9. The van der Waals surface area contributed by atoms with Gasteiger partial charge in [0.1, 0.15) is 0 Å². The standard InChI is InChI=1S/C11H14N6/c1-7-3-4-13-11(14-7)15-10-8-5-12-6-9(8)17(2)16-10/h3-4,12H,5-6H2,1-2H3,(H,13,14,15,16). The summed E-state index contributed by atoms with van der Waals surface area (Å²) in [6.07, 6.45) is 1.74. The monoisotopic (exact) mass is 230 g/mol. The van der Waals surface area contributed by atoms with Crippen LogP contribution < -0.4 is 10.6 Å².